The lowest BCUT2D eigenvalue weighted by atomic mass is 9.99. The summed E-state index contributed by atoms with van der Waals surface area (Å²) in [6, 6.07) is 10.3. The summed E-state index contributed by atoms with van der Waals surface area (Å²) in [5.41, 5.74) is 8.38. The number of fused-ring (bicyclic) bond motifs is 1. The Bertz CT molecular complexity index is 446. The second-order valence-corrected chi connectivity index (χ2v) is 3.81. The molecule has 0 aliphatic heterocycles. The Morgan fingerprint density at radius 2 is 2.13 bits per heavy atom. The van der Waals surface area contributed by atoms with Crippen LogP contribution in [0.1, 0.15) is 31.4 Å². The van der Waals surface area contributed by atoms with Crippen molar-refractivity contribution < 1.29 is 0 Å². The molecule has 0 bridgehead atoms. The quantitative estimate of drug-likeness (QED) is 0.827. The minimum absolute atomic E-state index is 0.128. The van der Waals surface area contributed by atoms with E-state index in [0.717, 1.165) is 18.4 Å². The van der Waals surface area contributed by atoms with Gasteiger partial charge in [0.25, 0.3) is 0 Å². The van der Waals surface area contributed by atoms with E-state index in [4.69, 9.17) is 5.73 Å². The van der Waals surface area contributed by atoms with E-state index in [9.17, 15) is 0 Å². The highest BCUT2D eigenvalue weighted by Crippen LogP contribution is 2.23. The van der Waals surface area contributed by atoms with Crippen LogP contribution in [0.3, 0.4) is 0 Å². The number of hydrogen-bond acceptors (Lipinski definition) is 2. The van der Waals surface area contributed by atoms with Gasteiger partial charge in [0.2, 0.25) is 0 Å². The minimum Gasteiger partial charge on any atom is -0.324 e. The smallest absolute Gasteiger partial charge is 0.0705 e. The third-order valence-corrected chi connectivity index (χ3v) is 2.68. The summed E-state index contributed by atoms with van der Waals surface area (Å²) in [5, 5.41) is 1.18. The zero-order chi connectivity index (χ0) is 10.7. The summed E-state index contributed by atoms with van der Waals surface area (Å²) in [5.74, 6) is 0. The maximum absolute atomic E-state index is 6.14. The fourth-order valence-electron chi connectivity index (χ4n) is 1.92. The molecule has 78 valence electrons. The van der Waals surface area contributed by atoms with E-state index in [-0.39, 0.29) is 6.04 Å². The van der Waals surface area contributed by atoms with Gasteiger partial charge in [-0.3, -0.25) is 4.98 Å². The molecular formula is C13H16N2. The van der Waals surface area contributed by atoms with Gasteiger partial charge in [-0.2, -0.15) is 0 Å². The largest absolute Gasteiger partial charge is 0.324 e. The van der Waals surface area contributed by atoms with Crippen molar-refractivity contribution in [2.75, 3.05) is 0 Å². The van der Waals surface area contributed by atoms with Crippen LogP contribution < -0.4 is 5.73 Å². The van der Waals surface area contributed by atoms with Crippen molar-refractivity contribution in [3.8, 4) is 0 Å². The molecule has 15 heavy (non-hydrogen) atoms. The SMILES string of the molecule is CCC[C@H](N)c1cccc2ncccc12. The lowest BCUT2D eigenvalue weighted by Gasteiger charge is -2.13. The second kappa shape index (κ2) is 4.41. The summed E-state index contributed by atoms with van der Waals surface area (Å²) in [6.07, 6.45) is 3.95. The van der Waals surface area contributed by atoms with Crippen molar-refractivity contribution in [3.05, 3.63) is 42.1 Å². The third-order valence-electron chi connectivity index (χ3n) is 2.68. The van der Waals surface area contributed by atoms with E-state index in [1.54, 1.807) is 0 Å². The van der Waals surface area contributed by atoms with E-state index in [1.165, 1.54) is 10.9 Å². The lowest BCUT2D eigenvalue weighted by molar-refractivity contribution is 0.642. The molecule has 0 aliphatic rings. The first-order chi connectivity index (χ1) is 7.33. The molecule has 1 atom stereocenters. The average molecular weight is 200 g/mol. The van der Waals surface area contributed by atoms with E-state index in [2.05, 4.69) is 24.0 Å². The van der Waals surface area contributed by atoms with Crippen molar-refractivity contribution in [2.45, 2.75) is 25.8 Å². The van der Waals surface area contributed by atoms with Crippen LogP contribution in [0.4, 0.5) is 0 Å². The molecule has 0 amide bonds. The Kier molecular flexibility index (Phi) is 2.97. The summed E-state index contributed by atoms with van der Waals surface area (Å²) >= 11 is 0. The minimum atomic E-state index is 0.128. The normalized spacial score (nSPS) is 12.9. The second-order valence-electron chi connectivity index (χ2n) is 3.81. The van der Waals surface area contributed by atoms with Gasteiger partial charge in [-0.15, -0.1) is 0 Å². The van der Waals surface area contributed by atoms with Gasteiger partial charge in [0.05, 0.1) is 5.52 Å². The van der Waals surface area contributed by atoms with E-state index >= 15 is 0 Å². The van der Waals surface area contributed by atoms with Crippen molar-refractivity contribution in [1.29, 1.82) is 0 Å². The monoisotopic (exact) mass is 200 g/mol. The molecule has 0 saturated carbocycles. The molecule has 0 fully saturated rings. The maximum Gasteiger partial charge on any atom is 0.0705 e. The van der Waals surface area contributed by atoms with Gasteiger partial charge in [-0.25, -0.2) is 0 Å². The summed E-state index contributed by atoms with van der Waals surface area (Å²) in [7, 11) is 0. The Morgan fingerprint density at radius 1 is 1.27 bits per heavy atom. The first kappa shape index (κ1) is 10.1. The predicted octanol–water partition coefficient (Wildman–Crippen LogP) is 3.03. The van der Waals surface area contributed by atoms with Crippen molar-refractivity contribution >= 4 is 10.9 Å². The Morgan fingerprint density at radius 3 is 2.93 bits per heavy atom. The molecule has 2 aromatic rings. The van der Waals surface area contributed by atoms with Gasteiger partial charge in [0.15, 0.2) is 0 Å². The fraction of sp³-hybridized carbons (Fsp3) is 0.308. The van der Waals surface area contributed by atoms with Crippen molar-refractivity contribution in [1.82, 2.24) is 4.98 Å². The Labute approximate surface area is 90.1 Å². The summed E-state index contributed by atoms with van der Waals surface area (Å²) in [4.78, 5) is 4.33. The molecule has 0 spiro atoms. The number of benzene rings is 1. The van der Waals surface area contributed by atoms with Crippen LogP contribution in [-0.4, -0.2) is 4.98 Å². The number of nitrogens with zero attached hydrogens (tertiary/aromatic N) is 1. The number of nitrogens with two attached hydrogens (primary N) is 1. The molecule has 2 rings (SSSR count). The third kappa shape index (κ3) is 2.00. The van der Waals surface area contributed by atoms with Crippen LogP contribution in [0.15, 0.2) is 36.5 Å². The molecule has 1 aromatic heterocycles. The molecule has 0 saturated heterocycles. The first-order valence-electron chi connectivity index (χ1n) is 5.42. The first-order valence-corrected chi connectivity index (χ1v) is 5.42. The van der Waals surface area contributed by atoms with E-state index in [0.29, 0.717) is 0 Å². The van der Waals surface area contributed by atoms with Gasteiger partial charge in [0.1, 0.15) is 0 Å². The molecule has 0 aliphatic carbocycles. The Balaban J connectivity index is 2.50. The number of pyridine rings is 1. The van der Waals surface area contributed by atoms with Crippen LogP contribution >= 0.6 is 0 Å². The van der Waals surface area contributed by atoms with Gasteiger partial charge in [-0.05, 0) is 24.1 Å². The van der Waals surface area contributed by atoms with Crippen molar-refractivity contribution in [2.24, 2.45) is 5.73 Å². The maximum atomic E-state index is 6.14. The average Bonchev–Trinajstić information content (AvgIpc) is 2.28. The number of hydrogen-bond donors (Lipinski definition) is 1. The van der Waals surface area contributed by atoms with Gasteiger partial charge in [0, 0.05) is 17.6 Å². The van der Waals surface area contributed by atoms with Gasteiger partial charge in [-0.1, -0.05) is 31.5 Å². The highest BCUT2D eigenvalue weighted by Gasteiger charge is 2.08. The molecule has 0 radical (unpaired) electrons. The standard InChI is InChI=1S/C13H16N2/c1-2-5-12(14)10-6-3-8-13-11(10)7-4-9-15-13/h3-4,6-9,12H,2,5,14H2,1H3/t12-/m0/s1. The molecule has 1 aromatic carbocycles. The van der Waals surface area contributed by atoms with Crippen molar-refractivity contribution in [3.63, 3.8) is 0 Å². The topological polar surface area (TPSA) is 38.9 Å². The van der Waals surface area contributed by atoms with Gasteiger partial charge >= 0.3 is 0 Å². The van der Waals surface area contributed by atoms with Crippen LogP contribution in [0.2, 0.25) is 0 Å². The van der Waals surface area contributed by atoms with Crippen LogP contribution in [0, 0.1) is 0 Å². The molecular weight excluding hydrogens is 184 g/mol. The lowest BCUT2D eigenvalue weighted by Crippen LogP contribution is -2.10. The van der Waals surface area contributed by atoms with Crippen LogP contribution in [0.25, 0.3) is 10.9 Å². The van der Waals surface area contributed by atoms with Gasteiger partial charge < -0.3 is 5.73 Å². The number of aromatic nitrogens is 1. The molecule has 2 nitrogen and oxygen atoms in total. The van der Waals surface area contributed by atoms with Crippen LogP contribution in [0.5, 0.6) is 0 Å². The zero-order valence-electron chi connectivity index (χ0n) is 8.98. The van der Waals surface area contributed by atoms with Crippen LogP contribution in [-0.2, 0) is 0 Å². The zero-order valence-corrected chi connectivity index (χ0v) is 8.98. The number of rotatable bonds is 3. The molecule has 2 N–H and O–H groups in total. The molecule has 1 heterocycles. The highest BCUT2D eigenvalue weighted by atomic mass is 14.7. The summed E-state index contributed by atoms with van der Waals surface area (Å²) < 4.78 is 0. The molecule has 0 unspecified atom stereocenters. The summed E-state index contributed by atoms with van der Waals surface area (Å²) in [6.45, 7) is 2.16. The van der Waals surface area contributed by atoms with E-state index in [1.807, 2.05) is 24.4 Å². The molecule has 2 heteroatoms. The van der Waals surface area contributed by atoms with E-state index < -0.39 is 0 Å². The highest BCUT2D eigenvalue weighted by molar-refractivity contribution is 5.82. The predicted molar refractivity (Wildman–Crippen MR) is 63.6 cm³/mol. The fourth-order valence-corrected chi connectivity index (χ4v) is 1.92. The Hall–Kier alpha value is -1.41.